The summed E-state index contributed by atoms with van der Waals surface area (Å²) in [5.41, 5.74) is 0.618. The maximum absolute atomic E-state index is 11.9. The number of methoxy groups -OCH3 is 2. The van der Waals surface area contributed by atoms with Crippen LogP contribution < -0.4 is 4.72 Å². The number of nitrogens with zero attached hydrogens (tertiary/aromatic N) is 1. The summed E-state index contributed by atoms with van der Waals surface area (Å²) in [5, 5.41) is 0. The number of ether oxygens (including phenoxy) is 3. The molecule has 1 aromatic rings. The van der Waals surface area contributed by atoms with Crippen molar-refractivity contribution in [2.24, 2.45) is 4.99 Å². The predicted octanol–water partition coefficient (Wildman–Crippen LogP) is 0.793. The van der Waals surface area contributed by atoms with Crippen LogP contribution in [0, 0.1) is 0 Å². The second kappa shape index (κ2) is 8.39. The first-order chi connectivity index (χ1) is 11.1. The number of rotatable bonds is 9. The van der Waals surface area contributed by atoms with Crippen molar-refractivity contribution in [2.75, 3.05) is 40.6 Å². The van der Waals surface area contributed by atoms with Gasteiger partial charge in [-0.25, -0.2) is 8.42 Å². The molecule has 0 fully saturated rings. The summed E-state index contributed by atoms with van der Waals surface area (Å²) >= 11 is 0. The van der Waals surface area contributed by atoms with E-state index >= 15 is 0 Å². The zero-order valence-corrected chi connectivity index (χ0v) is 14.1. The van der Waals surface area contributed by atoms with Gasteiger partial charge in [-0.2, -0.15) is 0 Å². The summed E-state index contributed by atoms with van der Waals surface area (Å²) in [4.78, 5) is 4.60. The third-order valence-electron chi connectivity index (χ3n) is 3.37. The van der Waals surface area contributed by atoms with Crippen molar-refractivity contribution in [3.63, 3.8) is 0 Å². The van der Waals surface area contributed by atoms with Gasteiger partial charge in [-0.05, 0) is 18.6 Å². The Kier molecular flexibility index (Phi) is 6.52. The highest BCUT2D eigenvalue weighted by Gasteiger charge is 2.29. The summed E-state index contributed by atoms with van der Waals surface area (Å²) in [7, 11) is -0.238. The van der Waals surface area contributed by atoms with Crippen LogP contribution in [0.5, 0.6) is 0 Å². The summed E-state index contributed by atoms with van der Waals surface area (Å²) < 4.78 is 42.0. The van der Waals surface area contributed by atoms with E-state index < -0.39 is 10.0 Å². The molecule has 8 heteroatoms. The lowest BCUT2D eigenvalue weighted by molar-refractivity contribution is -0.0303. The van der Waals surface area contributed by atoms with Crippen LogP contribution in [0.1, 0.15) is 12.0 Å². The van der Waals surface area contributed by atoms with E-state index in [-0.39, 0.29) is 11.0 Å². The smallest absolute Gasteiger partial charge is 0.263 e. The molecule has 0 saturated carbocycles. The van der Waals surface area contributed by atoms with E-state index in [1.807, 2.05) is 0 Å². The van der Waals surface area contributed by atoms with Gasteiger partial charge in [0.15, 0.2) is 0 Å². The van der Waals surface area contributed by atoms with Crippen LogP contribution in [-0.2, 0) is 24.2 Å². The van der Waals surface area contributed by atoms with Gasteiger partial charge in [0.25, 0.3) is 10.0 Å². The van der Waals surface area contributed by atoms with Crippen molar-refractivity contribution in [3.05, 3.63) is 29.8 Å². The van der Waals surface area contributed by atoms with E-state index in [1.165, 1.54) is 0 Å². The van der Waals surface area contributed by atoms with Gasteiger partial charge in [0.1, 0.15) is 11.9 Å². The number of aliphatic imine (C=N–C) groups is 1. The monoisotopic (exact) mass is 342 g/mol. The lowest BCUT2D eigenvalue weighted by Crippen LogP contribution is -2.24. The summed E-state index contributed by atoms with van der Waals surface area (Å²) in [6.07, 6.45) is 0.608. The molecule has 1 atom stereocenters. The normalized spacial score (nSPS) is 18.6. The van der Waals surface area contributed by atoms with Crippen LogP contribution in [0.15, 0.2) is 34.2 Å². The largest absolute Gasteiger partial charge is 0.382 e. The minimum absolute atomic E-state index is 0.0835. The second-order valence-electron chi connectivity index (χ2n) is 5.07. The minimum atomic E-state index is -3.47. The van der Waals surface area contributed by atoms with Crippen molar-refractivity contribution in [3.8, 4) is 0 Å². The number of amidine groups is 1. The van der Waals surface area contributed by atoms with E-state index in [4.69, 9.17) is 14.2 Å². The minimum Gasteiger partial charge on any atom is -0.382 e. The molecular formula is C15H22N2O5S. The highest BCUT2D eigenvalue weighted by molar-refractivity contribution is 7.90. The van der Waals surface area contributed by atoms with E-state index in [1.54, 1.807) is 38.5 Å². The molecule has 2 rings (SSSR count). The molecule has 23 heavy (non-hydrogen) atoms. The Morgan fingerprint density at radius 2 is 2.00 bits per heavy atom. The Balaban J connectivity index is 1.79. The maximum atomic E-state index is 11.9. The van der Waals surface area contributed by atoms with Crippen LogP contribution in [-0.4, -0.2) is 60.9 Å². The van der Waals surface area contributed by atoms with Crippen LogP contribution in [0.4, 0.5) is 0 Å². The Hall–Kier alpha value is -1.48. The Morgan fingerprint density at radius 1 is 1.22 bits per heavy atom. The van der Waals surface area contributed by atoms with Crippen molar-refractivity contribution < 1.29 is 22.6 Å². The molecule has 7 nitrogen and oxygen atoms in total. The lowest BCUT2D eigenvalue weighted by Gasteiger charge is -2.14. The zero-order valence-electron chi connectivity index (χ0n) is 13.3. The fraction of sp³-hybridized carbons (Fsp3) is 0.533. The third-order valence-corrected chi connectivity index (χ3v) is 4.77. The van der Waals surface area contributed by atoms with Crippen molar-refractivity contribution in [1.29, 1.82) is 0 Å². The molecule has 0 aliphatic carbocycles. The molecule has 0 spiro atoms. The van der Waals surface area contributed by atoms with Crippen LogP contribution >= 0.6 is 0 Å². The fourth-order valence-corrected chi connectivity index (χ4v) is 3.44. The number of sulfonamides is 1. The van der Waals surface area contributed by atoms with Crippen LogP contribution in [0.3, 0.4) is 0 Å². The molecule has 1 unspecified atom stereocenters. The Labute approximate surface area is 136 Å². The Bertz CT molecular complexity index is 645. The molecule has 0 bridgehead atoms. The number of benzene rings is 1. The zero-order chi connectivity index (χ0) is 16.7. The van der Waals surface area contributed by atoms with Gasteiger partial charge < -0.3 is 14.2 Å². The lowest BCUT2D eigenvalue weighted by atomic mass is 10.2. The van der Waals surface area contributed by atoms with Gasteiger partial charge in [0, 0.05) is 32.9 Å². The van der Waals surface area contributed by atoms with Gasteiger partial charge in [0.05, 0.1) is 18.1 Å². The van der Waals surface area contributed by atoms with E-state index in [0.717, 1.165) is 0 Å². The molecule has 1 aliphatic rings. The average molecular weight is 342 g/mol. The number of hydrogen-bond acceptors (Lipinski definition) is 6. The maximum Gasteiger partial charge on any atom is 0.263 e. The fourth-order valence-electron chi connectivity index (χ4n) is 2.19. The van der Waals surface area contributed by atoms with Crippen molar-refractivity contribution in [1.82, 2.24) is 4.72 Å². The van der Waals surface area contributed by atoms with Crippen molar-refractivity contribution >= 4 is 15.9 Å². The van der Waals surface area contributed by atoms with Crippen LogP contribution in [0.2, 0.25) is 0 Å². The van der Waals surface area contributed by atoms with E-state index in [9.17, 15) is 8.42 Å². The van der Waals surface area contributed by atoms with E-state index in [0.29, 0.717) is 44.2 Å². The second-order valence-corrected chi connectivity index (χ2v) is 6.72. The standard InChI is InChI=1S/C15H22N2O5S/c1-20-10-12(21-2)11-22-9-5-8-16-15-13-6-3-4-7-14(13)23(18,19)17-15/h3-4,6-7,12H,5,8-11H2,1-2H3,(H,16,17). The average Bonchev–Trinajstić information content (AvgIpc) is 2.81. The first-order valence-corrected chi connectivity index (χ1v) is 8.83. The molecule has 1 heterocycles. The van der Waals surface area contributed by atoms with E-state index in [2.05, 4.69) is 9.71 Å². The van der Waals surface area contributed by atoms with Gasteiger partial charge in [-0.15, -0.1) is 0 Å². The first-order valence-electron chi connectivity index (χ1n) is 7.34. The molecule has 1 aliphatic heterocycles. The van der Waals surface area contributed by atoms with Crippen molar-refractivity contribution in [2.45, 2.75) is 17.4 Å². The highest BCUT2D eigenvalue weighted by Crippen LogP contribution is 2.22. The molecular weight excluding hydrogens is 320 g/mol. The van der Waals surface area contributed by atoms with Crippen LogP contribution in [0.25, 0.3) is 0 Å². The summed E-state index contributed by atoms with van der Waals surface area (Å²) in [6, 6.07) is 6.81. The first kappa shape index (κ1) is 17.9. The predicted molar refractivity (Wildman–Crippen MR) is 86.3 cm³/mol. The number of hydrogen-bond donors (Lipinski definition) is 1. The topological polar surface area (TPSA) is 86.2 Å². The summed E-state index contributed by atoms with van der Waals surface area (Å²) in [5.74, 6) is 0.398. The molecule has 1 N–H and O–H groups in total. The molecule has 1 aromatic carbocycles. The van der Waals surface area contributed by atoms with Gasteiger partial charge in [-0.3, -0.25) is 9.71 Å². The number of fused-ring (bicyclic) bond motifs is 1. The molecule has 0 amide bonds. The molecule has 128 valence electrons. The SMILES string of the molecule is COCC(COCCCN=C1NS(=O)(=O)c2ccccc21)OC. The summed E-state index contributed by atoms with van der Waals surface area (Å²) in [6.45, 7) is 1.94. The molecule has 0 radical (unpaired) electrons. The quantitative estimate of drug-likeness (QED) is 0.671. The van der Waals surface area contributed by atoms with Gasteiger partial charge >= 0.3 is 0 Å². The third kappa shape index (κ3) is 4.74. The van der Waals surface area contributed by atoms with Gasteiger partial charge in [0.2, 0.25) is 0 Å². The molecule has 0 saturated heterocycles. The highest BCUT2D eigenvalue weighted by atomic mass is 32.2. The number of nitrogens with one attached hydrogen (secondary N) is 1. The van der Waals surface area contributed by atoms with Gasteiger partial charge in [-0.1, -0.05) is 12.1 Å². The molecule has 0 aromatic heterocycles. The Morgan fingerprint density at radius 3 is 2.74 bits per heavy atom.